The molecule has 3 heteroatoms. The highest BCUT2D eigenvalue weighted by Gasteiger charge is 2.07. The zero-order valence-corrected chi connectivity index (χ0v) is 10.0. The van der Waals surface area contributed by atoms with Gasteiger partial charge in [-0.25, -0.2) is 0 Å². The molecule has 0 aliphatic rings. The third-order valence-electron chi connectivity index (χ3n) is 2.99. The van der Waals surface area contributed by atoms with E-state index in [0.717, 1.165) is 17.7 Å². The highest BCUT2D eigenvalue weighted by molar-refractivity contribution is 5.84. The number of fused-ring (bicyclic) bond motifs is 1. The predicted molar refractivity (Wildman–Crippen MR) is 67.1 cm³/mol. The van der Waals surface area contributed by atoms with E-state index in [2.05, 4.69) is 29.5 Å². The largest absolute Gasteiger partial charge is 0.497 e. The number of nitrogens with one attached hydrogen (secondary N) is 2. The maximum Gasteiger partial charge on any atom is 0.120 e. The highest BCUT2D eigenvalue weighted by Crippen LogP contribution is 2.23. The van der Waals surface area contributed by atoms with Gasteiger partial charge in [0.25, 0.3) is 0 Å². The maximum atomic E-state index is 5.20. The minimum atomic E-state index is 0.487. The molecule has 2 aromatic rings. The molecule has 2 rings (SSSR count). The van der Waals surface area contributed by atoms with E-state index in [1.54, 1.807) is 7.11 Å². The van der Waals surface area contributed by atoms with E-state index in [1.807, 2.05) is 19.2 Å². The molecule has 0 spiro atoms. The number of aromatic nitrogens is 1. The Hall–Kier alpha value is -1.48. The number of rotatable bonds is 4. The van der Waals surface area contributed by atoms with Gasteiger partial charge in [-0.15, -0.1) is 0 Å². The van der Waals surface area contributed by atoms with Crippen LogP contribution in [0.2, 0.25) is 0 Å². The van der Waals surface area contributed by atoms with Crippen LogP contribution in [0.5, 0.6) is 5.75 Å². The van der Waals surface area contributed by atoms with E-state index in [1.165, 1.54) is 10.9 Å². The second-order valence-electron chi connectivity index (χ2n) is 4.12. The smallest absolute Gasteiger partial charge is 0.120 e. The van der Waals surface area contributed by atoms with E-state index < -0.39 is 0 Å². The number of methoxy groups -OCH3 is 1. The fourth-order valence-electron chi connectivity index (χ4n) is 1.89. The lowest BCUT2D eigenvalue weighted by Gasteiger charge is -2.08. The van der Waals surface area contributed by atoms with E-state index in [0.29, 0.717) is 6.04 Å². The maximum absolute atomic E-state index is 5.20. The van der Waals surface area contributed by atoms with Gasteiger partial charge in [0, 0.05) is 29.2 Å². The van der Waals surface area contributed by atoms with Gasteiger partial charge in [-0.05, 0) is 38.1 Å². The van der Waals surface area contributed by atoms with E-state index in [-0.39, 0.29) is 0 Å². The Morgan fingerprint density at radius 1 is 1.44 bits per heavy atom. The molecule has 0 amide bonds. The monoisotopic (exact) mass is 218 g/mol. The molecular weight excluding hydrogens is 200 g/mol. The lowest BCUT2D eigenvalue weighted by Crippen LogP contribution is -2.23. The van der Waals surface area contributed by atoms with Gasteiger partial charge >= 0.3 is 0 Å². The van der Waals surface area contributed by atoms with Gasteiger partial charge in [0.1, 0.15) is 5.75 Å². The zero-order chi connectivity index (χ0) is 11.5. The first kappa shape index (κ1) is 11.0. The Bertz CT molecular complexity index is 476. The molecule has 0 fully saturated rings. The first-order chi connectivity index (χ1) is 7.74. The third-order valence-corrected chi connectivity index (χ3v) is 2.99. The predicted octanol–water partition coefficient (Wildman–Crippen LogP) is 2.33. The van der Waals surface area contributed by atoms with Crippen LogP contribution in [0, 0.1) is 0 Å². The molecule has 1 heterocycles. The molecule has 2 N–H and O–H groups in total. The summed E-state index contributed by atoms with van der Waals surface area (Å²) in [6.45, 7) is 2.18. The van der Waals surface area contributed by atoms with Crippen molar-refractivity contribution in [3.63, 3.8) is 0 Å². The van der Waals surface area contributed by atoms with Gasteiger partial charge in [-0.2, -0.15) is 0 Å². The lowest BCUT2D eigenvalue weighted by atomic mass is 10.1. The Kier molecular flexibility index (Phi) is 3.15. The second-order valence-corrected chi connectivity index (χ2v) is 4.12. The molecule has 0 saturated heterocycles. The number of hydrogen-bond donors (Lipinski definition) is 2. The Morgan fingerprint density at radius 2 is 2.25 bits per heavy atom. The summed E-state index contributed by atoms with van der Waals surface area (Å²) in [5, 5.41) is 4.53. The molecule has 1 aromatic carbocycles. The highest BCUT2D eigenvalue weighted by atomic mass is 16.5. The van der Waals surface area contributed by atoms with Gasteiger partial charge in [0.2, 0.25) is 0 Å². The number of hydrogen-bond acceptors (Lipinski definition) is 2. The quantitative estimate of drug-likeness (QED) is 0.826. The number of benzene rings is 1. The Morgan fingerprint density at radius 3 is 2.94 bits per heavy atom. The van der Waals surface area contributed by atoms with Crippen molar-refractivity contribution in [3.8, 4) is 5.75 Å². The van der Waals surface area contributed by atoms with Gasteiger partial charge < -0.3 is 15.0 Å². The summed E-state index contributed by atoms with van der Waals surface area (Å²) in [7, 11) is 3.68. The van der Waals surface area contributed by atoms with Gasteiger partial charge in [-0.3, -0.25) is 0 Å². The minimum absolute atomic E-state index is 0.487. The van der Waals surface area contributed by atoms with Gasteiger partial charge in [0.05, 0.1) is 7.11 Å². The van der Waals surface area contributed by atoms with Crippen molar-refractivity contribution in [3.05, 3.63) is 30.0 Å². The first-order valence-electron chi connectivity index (χ1n) is 5.56. The summed E-state index contributed by atoms with van der Waals surface area (Å²) in [5.41, 5.74) is 2.48. The van der Waals surface area contributed by atoms with Crippen LogP contribution in [0.3, 0.4) is 0 Å². The van der Waals surface area contributed by atoms with Crippen molar-refractivity contribution in [2.75, 3.05) is 14.2 Å². The molecule has 86 valence electrons. The Balaban J connectivity index is 2.34. The van der Waals surface area contributed by atoms with Gasteiger partial charge in [0.15, 0.2) is 0 Å². The van der Waals surface area contributed by atoms with Crippen molar-refractivity contribution in [2.24, 2.45) is 0 Å². The van der Waals surface area contributed by atoms with Crippen LogP contribution in [0.15, 0.2) is 24.4 Å². The fourth-order valence-corrected chi connectivity index (χ4v) is 1.89. The second kappa shape index (κ2) is 4.58. The summed E-state index contributed by atoms with van der Waals surface area (Å²) in [6, 6.07) is 6.63. The molecule has 1 atom stereocenters. The molecule has 3 nitrogen and oxygen atoms in total. The van der Waals surface area contributed by atoms with E-state index in [9.17, 15) is 0 Å². The van der Waals surface area contributed by atoms with Crippen LogP contribution in [-0.4, -0.2) is 25.2 Å². The fraction of sp³-hybridized carbons (Fsp3) is 0.385. The van der Waals surface area contributed by atoms with Crippen molar-refractivity contribution in [1.82, 2.24) is 10.3 Å². The molecule has 1 unspecified atom stereocenters. The molecule has 0 aliphatic heterocycles. The average molecular weight is 218 g/mol. The van der Waals surface area contributed by atoms with E-state index >= 15 is 0 Å². The summed E-state index contributed by atoms with van der Waals surface area (Å²) >= 11 is 0. The molecule has 0 aliphatic carbocycles. The SMILES string of the molecule is CNC(C)Cc1c[nH]c2cc(OC)ccc12. The molecule has 0 radical (unpaired) electrons. The van der Waals surface area contributed by atoms with Crippen LogP contribution in [0.1, 0.15) is 12.5 Å². The summed E-state index contributed by atoms with van der Waals surface area (Å²) in [5.74, 6) is 0.891. The van der Waals surface area contributed by atoms with Crippen LogP contribution >= 0.6 is 0 Å². The van der Waals surface area contributed by atoms with Crippen LogP contribution in [0.25, 0.3) is 10.9 Å². The number of aromatic amines is 1. The zero-order valence-electron chi connectivity index (χ0n) is 10.0. The molecular formula is C13H18N2O. The summed E-state index contributed by atoms with van der Waals surface area (Å²) in [6.07, 6.45) is 3.11. The van der Waals surface area contributed by atoms with Crippen molar-refractivity contribution in [2.45, 2.75) is 19.4 Å². The first-order valence-corrected chi connectivity index (χ1v) is 5.56. The van der Waals surface area contributed by atoms with Gasteiger partial charge in [-0.1, -0.05) is 0 Å². The van der Waals surface area contributed by atoms with Crippen LogP contribution in [0.4, 0.5) is 0 Å². The van der Waals surface area contributed by atoms with Crippen LogP contribution in [-0.2, 0) is 6.42 Å². The molecule has 0 saturated carbocycles. The molecule has 16 heavy (non-hydrogen) atoms. The average Bonchev–Trinajstić information content (AvgIpc) is 2.71. The summed E-state index contributed by atoms with van der Waals surface area (Å²) < 4.78 is 5.20. The topological polar surface area (TPSA) is 37.0 Å². The molecule has 1 aromatic heterocycles. The minimum Gasteiger partial charge on any atom is -0.497 e. The van der Waals surface area contributed by atoms with Crippen molar-refractivity contribution >= 4 is 10.9 Å². The van der Waals surface area contributed by atoms with Crippen molar-refractivity contribution < 1.29 is 4.74 Å². The Labute approximate surface area is 95.8 Å². The molecule has 0 bridgehead atoms. The normalized spacial score (nSPS) is 12.9. The van der Waals surface area contributed by atoms with Crippen LogP contribution < -0.4 is 10.1 Å². The van der Waals surface area contributed by atoms with Crippen molar-refractivity contribution in [1.29, 1.82) is 0 Å². The number of H-pyrrole nitrogens is 1. The van der Waals surface area contributed by atoms with E-state index in [4.69, 9.17) is 4.74 Å². The number of ether oxygens (including phenoxy) is 1. The third kappa shape index (κ3) is 2.04. The lowest BCUT2D eigenvalue weighted by molar-refractivity contribution is 0.415. The standard InChI is InChI=1S/C13H18N2O/c1-9(14-2)6-10-8-15-13-7-11(16-3)4-5-12(10)13/h4-5,7-9,14-15H,6H2,1-3H3. The number of likely N-dealkylation sites (N-methyl/N-ethyl adjacent to an activating group) is 1. The summed E-state index contributed by atoms with van der Waals surface area (Å²) in [4.78, 5) is 3.28.